The molecule has 1 amide bonds. The molecule has 0 aromatic heterocycles. The maximum Gasteiger partial charge on any atom is 0.347 e. The van der Waals surface area contributed by atoms with Gasteiger partial charge in [-0.25, -0.2) is 4.79 Å². The lowest BCUT2D eigenvalue weighted by atomic mass is 9.93. The average Bonchev–Trinajstić information content (AvgIpc) is 3.83. The molecular weight excluding hydrogens is 612 g/mol. The second-order valence-corrected chi connectivity index (χ2v) is 12.9. The maximum absolute atomic E-state index is 13.5. The zero-order chi connectivity index (χ0) is 33.4. The van der Waals surface area contributed by atoms with E-state index in [1.54, 1.807) is 31.2 Å². The number of cyclic esters (lactones) is 2. The van der Waals surface area contributed by atoms with E-state index >= 15 is 0 Å². The molecule has 2 heterocycles. The molecule has 2 aromatic carbocycles. The average molecular weight is 657 g/mol. The number of esters is 2. The van der Waals surface area contributed by atoms with Crippen LogP contribution in [0.3, 0.4) is 0 Å². The summed E-state index contributed by atoms with van der Waals surface area (Å²) in [6.45, 7) is 7.40. The number of benzene rings is 2. The van der Waals surface area contributed by atoms with Gasteiger partial charge in [0.25, 0.3) is 0 Å². The Bertz CT molecular complexity index is 1370. The SMILES string of the molecule is COc1ccc(C[C@H]2NC(O)/C=C/C[C@@H]([C@H](C)[C@H]3O[C@@H]3c3ccccc3)OC(=O)[C@H](CC(C)C)OC(=O)[C@H](C)CNC2=O)cc1Cl. The lowest BCUT2D eigenvalue weighted by Gasteiger charge is -2.27. The first-order chi connectivity index (χ1) is 22.0. The summed E-state index contributed by atoms with van der Waals surface area (Å²) in [5.74, 6) is -2.09. The molecule has 0 aliphatic carbocycles. The Morgan fingerprint density at radius 2 is 1.78 bits per heavy atom. The Kier molecular flexibility index (Phi) is 12.6. The van der Waals surface area contributed by atoms with Crippen molar-refractivity contribution in [1.29, 1.82) is 0 Å². The summed E-state index contributed by atoms with van der Waals surface area (Å²) in [6, 6.07) is 14.2. The van der Waals surface area contributed by atoms with Gasteiger partial charge in [0, 0.05) is 18.9 Å². The Morgan fingerprint density at radius 1 is 1.04 bits per heavy atom. The molecule has 2 aromatic rings. The molecule has 1 fully saturated rings. The highest BCUT2D eigenvalue weighted by Crippen LogP contribution is 2.45. The van der Waals surface area contributed by atoms with Crippen molar-refractivity contribution in [3.63, 3.8) is 0 Å². The highest BCUT2D eigenvalue weighted by molar-refractivity contribution is 6.32. The predicted octanol–water partition coefficient (Wildman–Crippen LogP) is 4.53. The number of nitrogens with one attached hydrogen (secondary N) is 2. The smallest absolute Gasteiger partial charge is 0.347 e. The second-order valence-electron chi connectivity index (χ2n) is 12.5. The standard InChI is InChI=1S/C35H45ClN2O8/c1-20(2)16-29-35(42)44-27(22(4)31-32(46-31)24-10-7-6-8-11-24)12-9-13-30(39)38-26(33(40)37-19-21(3)34(41)45-29)18-23-14-15-28(43-5)25(36)17-23/h6-11,13-15,17,20-22,26-27,29-32,38-39H,12,16,18-19H2,1-5H3,(H,37,40)/b13-9+/t21-,22+,26-,27+,29+,30?,31-,32-/m1/s1. The Hall–Kier alpha value is -3.44. The summed E-state index contributed by atoms with van der Waals surface area (Å²) in [5.41, 5.74) is 1.78. The van der Waals surface area contributed by atoms with E-state index in [2.05, 4.69) is 10.6 Å². The zero-order valence-electron chi connectivity index (χ0n) is 27.0. The van der Waals surface area contributed by atoms with Crippen LogP contribution in [0.15, 0.2) is 60.7 Å². The fraction of sp³-hybridized carbons (Fsp3) is 0.514. The van der Waals surface area contributed by atoms with Crippen molar-refractivity contribution in [2.75, 3.05) is 13.7 Å². The number of rotatable bonds is 8. The Morgan fingerprint density at radius 3 is 2.46 bits per heavy atom. The quantitative estimate of drug-likeness (QED) is 0.213. The van der Waals surface area contributed by atoms with Crippen LogP contribution in [0.4, 0.5) is 0 Å². The third-order valence-corrected chi connectivity index (χ3v) is 8.54. The van der Waals surface area contributed by atoms with E-state index in [1.165, 1.54) is 13.2 Å². The summed E-state index contributed by atoms with van der Waals surface area (Å²) in [6.07, 6.45) is 0.733. The van der Waals surface area contributed by atoms with Crippen LogP contribution in [0.1, 0.15) is 57.8 Å². The molecule has 0 bridgehead atoms. The molecule has 0 saturated carbocycles. The molecule has 46 heavy (non-hydrogen) atoms. The molecule has 250 valence electrons. The first kappa shape index (κ1) is 35.4. The lowest BCUT2D eigenvalue weighted by molar-refractivity contribution is -0.176. The van der Waals surface area contributed by atoms with Gasteiger partial charge in [0.15, 0.2) is 6.10 Å². The second kappa shape index (κ2) is 16.4. The number of hydrogen-bond donors (Lipinski definition) is 3. The van der Waals surface area contributed by atoms with E-state index in [1.807, 2.05) is 51.1 Å². The summed E-state index contributed by atoms with van der Waals surface area (Å²) < 4.78 is 23.0. The molecule has 0 radical (unpaired) electrons. The number of halogens is 1. The van der Waals surface area contributed by atoms with E-state index in [-0.39, 0.29) is 49.9 Å². The predicted molar refractivity (Wildman–Crippen MR) is 173 cm³/mol. The largest absolute Gasteiger partial charge is 0.495 e. The van der Waals surface area contributed by atoms with Crippen LogP contribution < -0.4 is 15.4 Å². The maximum atomic E-state index is 13.5. The molecule has 1 unspecified atom stereocenters. The first-order valence-electron chi connectivity index (χ1n) is 15.8. The number of epoxide rings is 1. The summed E-state index contributed by atoms with van der Waals surface area (Å²) in [4.78, 5) is 39.9. The normalized spacial score (nSPS) is 29.3. The Balaban J connectivity index is 1.57. The van der Waals surface area contributed by atoms with Gasteiger partial charge in [-0.2, -0.15) is 0 Å². The molecule has 11 heteroatoms. The van der Waals surface area contributed by atoms with Crippen LogP contribution in [-0.2, 0) is 35.0 Å². The minimum absolute atomic E-state index is 0.0336. The van der Waals surface area contributed by atoms with Gasteiger partial charge in [0.1, 0.15) is 24.2 Å². The molecule has 4 rings (SSSR count). The Labute approximate surface area is 275 Å². The van der Waals surface area contributed by atoms with Crippen molar-refractivity contribution >= 4 is 29.4 Å². The molecule has 3 N–H and O–H groups in total. The van der Waals surface area contributed by atoms with E-state index in [0.29, 0.717) is 10.8 Å². The molecule has 10 nitrogen and oxygen atoms in total. The van der Waals surface area contributed by atoms with E-state index in [9.17, 15) is 19.5 Å². The number of methoxy groups -OCH3 is 1. The van der Waals surface area contributed by atoms with Crippen LogP contribution in [0.25, 0.3) is 0 Å². The minimum Gasteiger partial charge on any atom is -0.495 e. The lowest BCUT2D eigenvalue weighted by Crippen LogP contribution is -2.50. The number of carbonyl (C=O) groups excluding carboxylic acids is 3. The van der Waals surface area contributed by atoms with Gasteiger partial charge in [0.05, 0.1) is 30.2 Å². The number of hydrogen-bond acceptors (Lipinski definition) is 9. The molecule has 2 aliphatic heterocycles. The van der Waals surface area contributed by atoms with Crippen molar-refractivity contribution in [1.82, 2.24) is 10.6 Å². The number of carbonyl (C=O) groups is 3. The third kappa shape index (κ3) is 9.78. The number of aliphatic hydroxyl groups is 1. The third-order valence-electron chi connectivity index (χ3n) is 8.25. The van der Waals surface area contributed by atoms with Crippen molar-refractivity contribution in [2.45, 2.75) is 83.6 Å². The monoisotopic (exact) mass is 656 g/mol. The first-order valence-corrected chi connectivity index (χ1v) is 16.2. The summed E-state index contributed by atoms with van der Waals surface area (Å²) in [5, 5.41) is 17.0. The van der Waals surface area contributed by atoms with Crippen molar-refractivity contribution < 1.29 is 38.4 Å². The van der Waals surface area contributed by atoms with Gasteiger partial charge in [-0.3, -0.25) is 14.9 Å². The number of amides is 1. The van der Waals surface area contributed by atoms with E-state index in [4.69, 9.17) is 30.5 Å². The van der Waals surface area contributed by atoms with E-state index < -0.39 is 48.2 Å². The minimum atomic E-state index is -1.20. The van der Waals surface area contributed by atoms with Gasteiger partial charge in [0.2, 0.25) is 5.91 Å². The fourth-order valence-corrected chi connectivity index (χ4v) is 5.76. The molecule has 8 atom stereocenters. The topological polar surface area (TPSA) is 136 Å². The van der Waals surface area contributed by atoms with Gasteiger partial charge >= 0.3 is 11.9 Å². The highest BCUT2D eigenvalue weighted by Gasteiger charge is 2.47. The van der Waals surface area contributed by atoms with Gasteiger partial charge in [-0.15, -0.1) is 0 Å². The van der Waals surface area contributed by atoms with Crippen molar-refractivity contribution in [3.8, 4) is 5.75 Å². The van der Waals surface area contributed by atoms with Gasteiger partial charge in [-0.05, 0) is 48.1 Å². The molecular formula is C35H45ClN2O8. The zero-order valence-corrected chi connectivity index (χ0v) is 27.7. The van der Waals surface area contributed by atoms with Crippen LogP contribution in [0, 0.1) is 17.8 Å². The van der Waals surface area contributed by atoms with Crippen LogP contribution in [-0.4, -0.2) is 67.2 Å². The van der Waals surface area contributed by atoms with Gasteiger partial charge < -0.3 is 29.4 Å². The van der Waals surface area contributed by atoms with Crippen molar-refractivity contribution in [3.05, 3.63) is 76.8 Å². The van der Waals surface area contributed by atoms with Crippen LogP contribution in [0.2, 0.25) is 5.02 Å². The molecule has 0 spiro atoms. The summed E-state index contributed by atoms with van der Waals surface area (Å²) in [7, 11) is 1.52. The number of aliphatic hydroxyl groups excluding tert-OH is 1. The highest BCUT2D eigenvalue weighted by atomic mass is 35.5. The van der Waals surface area contributed by atoms with Crippen LogP contribution >= 0.6 is 11.6 Å². The number of ether oxygens (including phenoxy) is 4. The molecule has 1 saturated heterocycles. The van der Waals surface area contributed by atoms with Gasteiger partial charge in [-0.1, -0.05) is 81.8 Å². The van der Waals surface area contributed by atoms with E-state index in [0.717, 1.165) is 11.1 Å². The van der Waals surface area contributed by atoms with Crippen molar-refractivity contribution in [2.24, 2.45) is 17.8 Å². The summed E-state index contributed by atoms with van der Waals surface area (Å²) >= 11 is 6.32. The fourth-order valence-electron chi connectivity index (χ4n) is 5.48. The molecule has 2 aliphatic rings. The van der Waals surface area contributed by atoms with Crippen LogP contribution in [0.5, 0.6) is 5.75 Å².